The van der Waals surface area contributed by atoms with Crippen molar-refractivity contribution in [3.05, 3.63) is 58.9 Å². The zero-order valence-electron chi connectivity index (χ0n) is 10.0. The minimum absolute atomic E-state index is 0.110. The van der Waals surface area contributed by atoms with Crippen molar-refractivity contribution in [2.45, 2.75) is 13.0 Å². The molecule has 0 aliphatic heterocycles. The van der Waals surface area contributed by atoms with E-state index in [-0.39, 0.29) is 6.04 Å². The first-order valence-corrected chi connectivity index (χ1v) is 6.66. The number of thiophene rings is 1. The van der Waals surface area contributed by atoms with Crippen LogP contribution in [0.5, 0.6) is 0 Å². The van der Waals surface area contributed by atoms with E-state index in [1.54, 1.807) is 11.3 Å². The quantitative estimate of drug-likeness (QED) is 0.559. The number of hydrogen-bond acceptors (Lipinski definition) is 4. The van der Waals surface area contributed by atoms with Gasteiger partial charge in [-0.2, -0.15) is 0 Å². The number of nitrogens with two attached hydrogens (primary N) is 1. The maximum Gasteiger partial charge on any atom is 0.126 e. The Morgan fingerprint density at radius 1 is 1.22 bits per heavy atom. The first-order chi connectivity index (χ1) is 8.79. The molecule has 0 saturated heterocycles. The van der Waals surface area contributed by atoms with E-state index in [1.807, 2.05) is 25.1 Å². The molecule has 1 unspecified atom stereocenters. The van der Waals surface area contributed by atoms with Gasteiger partial charge in [0.1, 0.15) is 17.6 Å². The van der Waals surface area contributed by atoms with Gasteiger partial charge in [0.05, 0.1) is 0 Å². The molecule has 4 heteroatoms. The molecule has 2 heterocycles. The summed E-state index contributed by atoms with van der Waals surface area (Å²) in [6.07, 6.45) is 0. The van der Waals surface area contributed by atoms with E-state index in [2.05, 4.69) is 29.0 Å². The van der Waals surface area contributed by atoms with Crippen LogP contribution in [0, 0.1) is 6.92 Å². The Balaban J connectivity index is 2.14. The molecule has 0 spiro atoms. The summed E-state index contributed by atoms with van der Waals surface area (Å²) in [5.74, 6) is 7.44. The predicted octanol–water partition coefficient (Wildman–Crippen LogP) is 3.36. The zero-order chi connectivity index (χ0) is 12.5. The van der Waals surface area contributed by atoms with Crippen LogP contribution in [0.15, 0.2) is 46.2 Å². The summed E-state index contributed by atoms with van der Waals surface area (Å²) in [5, 5.41) is 3.33. The smallest absolute Gasteiger partial charge is 0.126 e. The molecule has 0 amide bonds. The number of hydrazine groups is 1. The minimum atomic E-state index is -0.110. The van der Waals surface area contributed by atoms with Crippen molar-refractivity contribution in [3.8, 4) is 0 Å². The molecule has 0 aliphatic rings. The van der Waals surface area contributed by atoms with Gasteiger partial charge in [-0.25, -0.2) is 5.43 Å². The molecule has 0 aliphatic carbocycles. The van der Waals surface area contributed by atoms with Gasteiger partial charge in [0.2, 0.25) is 0 Å². The lowest BCUT2D eigenvalue weighted by Crippen LogP contribution is -2.28. The summed E-state index contributed by atoms with van der Waals surface area (Å²) in [7, 11) is 0. The van der Waals surface area contributed by atoms with Crippen molar-refractivity contribution >= 4 is 21.4 Å². The fourth-order valence-electron chi connectivity index (χ4n) is 2.18. The third-order valence-electron chi connectivity index (χ3n) is 3.03. The van der Waals surface area contributed by atoms with Crippen LogP contribution in [0.1, 0.15) is 23.1 Å². The summed E-state index contributed by atoms with van der Waals surface area (Å²) < 4.78 is 6.92. The van der Waals surface area contributed by atoms with Crippen molar-refractivity contribution in [1.82, 2.24) is 5.43 Å². The number of benzene rings is 1. The van der Waals surface area contributed by atoms with Gasteiger partial charge in [0.15, 0.2) is 0 Å². The fourth-order valence-corrected chi connectivity index (χ4v) is 3.12. The van der Waals surface area contributed by atoms with Crippen LogP contribution >= 0.6 is 11.3 Å². The number of furan rings is 1. The number of aryl methyl sites for hydroxylation is 1. The highest BCUT2D eigenvalue weighted by atomic mass is 32.1. The highest BCUT2D eigenvalue weighted by Crippen LogP contribution is 2.32. The molecule has 3 nitrogen and oxygen atoms in total. The van der Waals surface area contributed by atoms with E-state index < -0.39 is 0 Å². The van der Waals surface area contributed by atoms with Gasteiger partial charge in [0.25, 0.3) is 0 Å². The van der Waals surface area contributed by atoms with Crippen LogP contribution < -0.4 is 11.3 Å². The standard InChI is InChI=1S/C14H14N2OS/c1-9-5-6-12(17-9)13(16-15)11-4-2-3-10-7-8-18-14(10)11/h2-8,13,16H,15H2,1H3. The van der Waals surface area contributed by atoms with Gasteiger partial charge in [-0.15, -0.1) is 11.3 Å². The molecule has 0 bridgehead atoms. The van der Waals surface area contributed by atoms with Gasteiger partial charge in [-0.1, -0.05) is 18.2 Å². The average molecular weight is 258 g/mol. The molecular weight excluding hydrogens is 244 g/mol. The Kier molecular flexibility index (Phi) is 2.91. The second-order valence-electron chi connectivity index (χ2n) is 4.23. The van der Waals surface area contributed by atoms with Gasteiger partial charge in [-0.3, -0.25) is 5.84 Å². The molecule has 3 aromatic rings. The zero-order valence-corrected chi connectivity index (χ0v) is 10.8. The Hall–Kier alpha value is -1.62. The van der Waals surface area contributed by atoms with Crippen LogP contribution in [0.3, 0.4) is 0 Å². The van der Waals surface area contributed by atoms with Gasteiger partial charge in [0, 0.05) is 4.70 Å². The van der Waals surface area contributed by atoms with Crippen LogP contribution in [-0.4, -0.2) is 0 Å². The lowest BCUT2D eigenvalue weighted by atomic mass is 10.0. The van der Waals surface area contributed by atoms with Crippen molar-refractivity contribution in [3.63, 3.8) is 0 Å². The Labute approximate surface area is 109 Å². The van der Waals surface area contributed by atoms with E-state index in [0.717, 1.165) is 17.1 Å². The molecule has 1 aromatic carbocycles. The van der Waals surface area contributed by atoms with E-state index in [4.69, 9.17) is 10.3 Å². The first kappa shape index (κ1) is 11.5. The molecule has 0 radical (unpaired) electrons. The number of rotatable bonds is 3. The number of hydrogen-bond donors (Lipinski definition) is 2. The highest BCUT2D eigenvalue weighted by molar-refractivity contribution is 7.17. The molecule has 0 fully saturated rings. The van der Waals surface area contributed by atoms with Crippen molar-refractivity contribution in [1.29, 1.82) is 0 Å². The highest BCUT2D eigenvalue weighted by Gasteiger charge is 2.18. The number of nitrogens with one attached hydrogen (secondary N) is 1. The normalized spacial score (nSPS) is 13.0. The topological polar surface area (TPSA) is 51.2 Å². The SMILES string of the molecule is Cc1ccc(C(NN)c2cccc3ccsc23)o1. The molecular formula is C14H14N2OS. The van der Waals surface area contributed by atoms with E-state index >= 15 is 0 Å². The summed E-state index contributed by atoms with van der Waals surface area (Å²) in [4.78, 5) is 0. The first-order valence-electron chi connectivity index (χ1n) is 5.78. The maximum absolute atomic E-state index is 5.70. The second kappa shape index (κ2) is 4.57. The minimum Gasteiger partial charge on any atom is -0.464 e. The molecule has 3 N–H and O–H groups in total. The summed E-state index contributed by atoms with van der Waals surface area (Å²) in [5.41, 5.74) is 4.00. The van der Waals surface area contributed by atoms with Crippen molar-refractivity contribution < 1.29 is 4.42 Å². The molecule has 92 valence electrons. The maximum atomic E-state index is 5.70. The third kappa shape index (κ3) is 1.84. The fraction of sp³-hybridized carbons (Fsp3) is 0.143. The Morgan fingerprint density at radius 3 is 2.83 bits per heavy atom. The van der Waals surface area contributed by atoms with E-state index in [1.165, 1.54) is 10.1 Å². The predicted molar refractivity (Wildman–Crippen MR) is 74.4 cm³/mol. The van der Waals surface area contributed by atoms with Crippen LogP contribution in [-0.2, 0) is 0 Å². The molecule has 18 heavy (non-hydrogen) atoms. The molecule has 3 rings (SSSR count). The summed E-state index contributed by atoms with van der Waals surface area (Å²) in [6, 6.07) is 12.2. The van der Waals surface area contributed by atoms with Crippen LogP contribution in [0.25, 0.3) is 10.1 Å². The monoisotopic (exact) mass is 258 g/mol. The summed E-state index contributed by atoms with van der Waals surface area (Å²) in [6.45, 7) is 1.93. The van der Waals surface area contributed by atoms with E-state index in [9.17, 15) is 0 Å². The average Bonchev–Trinajstić information content (AvgIpc) is 2.99. The summed E-state index contributed by atoms with van der Waals surface area (Å²) >= 11 is 1.72. The molecule has 0 saturated carbocycles. The van der Waals surface area contributed by atoms with Gasteiger partial charge < -0.3 is 4.42 Å². The molecule has 2 aromatic heterocycles. The van der Waals surface area contributed by atoms with Gasteiger partial charge in [-0.05, 0) is 41.5 Å². The Morgan fingerprint density at radius 2 is 2.11 bits per heavy atom. The number of fused-ring (bicyclic) bond motifs is 1. The molecule has 1 atom stereocenters. The van der Waals surface area contributed by atoms with E-state index in [0.29, 0.717) is 0 Å². The third-order valence-corrected chi connectivity index (χ3v) is 4.01. The Bertz CT molecular complexity index is 671. The lowest BCUT2D eigenvalue weighted by molar-refractivity contribution is 0.436. The van der Waals surface area contributed by atoms with Crippen molar-refractivity contribution in [2.75, 3.05) is 0 Å². The van der Waals surface area contributed by atoms with Crippen LogP contribution in [0.4, 0.5) is 0 Å². The van der Waals surface area contributed by atoms with Crippen molar-refractivity contribution in [2.24, 2.45) is 5.84 Å². The van der Waals surface area contributed by atoms with Gasteiger partial charge >= 0.3 is 0 Å². The largest absolute Gasteiger partial charge is 0.464 e. The lowest BCUT2D eigenvalue weighted by Gasteiger charge is -2.14. The second-order valence-corrected chi connectivity index (χ2v) is 5.15. The van der Waals surface area contributed by atoms with Crippen LogP contribution in [0.2, 0.25) is 0 Å².